The summed E-state index contributed by atoms with van der Waals surface area (Å²) in [6.07, 6.45) is 3.40. The van der Waals surface area contributed by atoms with Crippen molar-refractivity contribution in [3.63, 3.8) is 0 Å². The monoisotopic (exact) mass is 225 g/mol. The minimum Gasteiger partial charge on any atom is -0.293 e. The Balaban J connectivity index is 2.09. The summed E-state index contributed by atoms with van der Waals surface area (Å²) in [4.78, 5) is 2.24. The zero-order valence-electron chi connectivity index (χ0n) is 12.2. The second kappa shape index (κ2) is 3.32. The molecule has 3 fully saturated rings. The quantitative estimate of drug-likeness (QED) is 0.695. The molecule has 1 aliphatic carbocycles. The molecular weight excluding hydrogens is 201 g/mol. The van der Waals surface area contributed by atoms with Crippen LogP contribution in [0, 0.1) is 11.3 Å². The van der Waals surface area contributed by atoms with Gasteiger partial charge in [-0.05, 0) is 55.5 Å². The summed E-state index contributed by atoms with van der Waals surface area (Å²) in [5, 5.41) is 0. The second-order valence-electron chi connectivity index (χ2n) is 6.06. The van der Waals surface area contributed by atoms with Crippen LogP contribution in [0.3, 0.4) is 0 Å². The predicted octanol–water partition coefficient (Wildman–Crippen LogP) is 3.51. The molecule has 1 nitrogen and oxygen atoms in total. The number of rotatable bonds is 2. The first-order valence-corrected chi connectivity index (χ1v) is 6.43. The number of hydrogen-bond donors (Lipinski definition) is 0. The van der Waals surface area contributed by atoms with Gasteiger partial charge in [0.2, 0.25) is 0 Å². The van der Waals surface area contributed by atoms with Crippen molar-refractivity contribution in [3.05, 3.63) is 11.9 Å². The van der Waals surface area contributed by atoms with Crippen molar-refractivity contribution < 1.29 is 7.13 Å². The molecule has 3 rings (SSSR count). The van der Waals surface area contributed by atoms with Gasteiger partial charge in [-0.2, -0.15) is 0 Å². The van der Waals surface area contributed by atoms with Gasteiger partial charge < -0.3 is 0 Å². The molecule has 16 heavy (non-hydrogen) atoms. The van der Waals surface area contributed by atoms with Crippen LogP contribution >= 0.6 is 0 Å². The summed E-state index contributed by atoms with van der Waals surface area (Å²) < 4.78 is 30.2. The van der Waals surface area contributed by atoms with Gasteiger partial charge in [-0.3, -0.25) is 4.90 Å². The molecule has 2 aliphatic heterocycles. The highest BCUT2D eigenvalue weighted by atomic mass is 19.1. The van der Waals surface area contributed by atoms with E-state index in [4.69, 9.17) is 2.74 Å². The standard InChI is InChI=1S/C14H22FN/c1-11(2)7-14-8-12(9-15)10-16(14)6-5-13(14)3-4-13/h9,11H,3-8,10H2,1-2H3/b12-9-/t14-/m1/s1/i7D2. The summed E-state index contributed by atoms with van der Waals surface area (Å²) in [6.45, 7) is 5.48. The van der Waals surface area contributed by atoms with Crippen molar-refractivity contribution in [1.82, 2.24) is 4.90 Å². The molecular formula is C14H22FN. The fourth-order valence-electron chi connectivity index (χ4n) is 3.89. The van der Waals surface area contributed by atoms with Crippen molar-refractivity contribution in [3.8, 4) is 0 Å². The number of hydrogen-bond acceptors (Lipinski definition) is 1. The van der Waals surface area contributed by atoms with E-state index in [1.165, 1.54) is 0 Å². The average molecular weight is 225 g/mol. The van der Waals surface area contributed by atoms with E-state index >= 15 is 0 Å². The van der Waals surface area contributed by atoms with Crippen LogP contribution in [-0.4, -0.2) is 23.5 Å². The minimum atomic E-state index is -1.25. The van der Waals surface area contributed by atoms with Gasteiger partial charge in [-0.1, -0.05) is 13.8 Å². The first-order chi connectivity index (χ1) is 8.39. The highest BCUT2D eigenvalue weighted by Crippen LogP contribution is 2.68. The Hall–Kier alpha value is -0.370. The first-order valence-electron chi connectivity index (χ1n) is 7.43. The molecule has 0 N–H and O–H groups in total. The molecule has 2 heteroatoms. The third kappa shape index (κ3) is 1.25. The molecule has 1 atom stereocenters. The maximum Gasteiger partial charge on any atom is 0.0872 e. The van der Waals surface area contributed by atoms with E-state index in [1.807, 2.05) is 13.8 Å². The summed E-state index contributed by atoms with van der Waals surface area (Å²) in [5.41, 5.74) is 0.475. The smallest absolute Gasteiger partial charge is 0.0872 e. The van der Waals surface area contributed by atoms with Crippen molar-refractivity contribution in [2.24, 2.45) is 11.3 Å². The van der Waals surface area contributed by atoms with E-state index in [0.717, 1.165) is 31.4 Å². The molecule has 0 amide bonds. The first kappa shape index (κ1) is 8.68. The largest absolute Gasteiger partial charge is 0.293 e. The second-order valence-corrected chi connectivity index (χ2v) is 6.06. The fraction of sp³-hybridized carbons (Fsp3) is 0.857. The van der Waals surface area contributed by atoms with E-state index in [-0.39, 0.29) is 11.3 Å². The SMILES string of the molecule is [2H]C([2H])(C(C)C)[C@]12C/C(=C/F)CN1CCC21CC1. The molecule has 0 bridgehead atoms. The van der Waals surface area contributed by atoms with Crippen LogP contribution in [0.5, 0.6) is 0 Å². The topological polar surface area (TPSA) is 3.24 Å². The summed E-state index contributed by atoms with van der Waals surface area (Å²) in [5.74, 6) is -0.0328. The van der Waals surface area contributed by atoms with Crippen LogP contribution < -0.4 is 0 Å². The predicted molar refractivity (Wildman–Crippen MR) is 63.9 cm³/mol. The van der Waals surface area contributed by atoms with Crippen LogP contribution in [0.4, 0.5) is 4.39 Å². The van der Waals surface area contributed by atoms with Gasteiger partial charge in [0.15, 0.2) is 0 Å². The molecule has 0 aromatic carbocycles. The highest BCUT2D eigenvalue weighted by molar-refractivity contribution is 5.28. The van der Waals surface area contributed by atoms with E-state index in [9.17, 15) is 4.39 Å². The van der Waals surface area contributed by atoms with Gasteiger partial charge in [-0.15, -0.1) is 0 Å². The Labute approximate surface area is 101 Å². The normalized spacial score (nSPS) is 41.6. The van der Waals surface area contributed by atoms with Crippen LogP contribution in [0.1, 0.15) is 48.6 Å². The molecule has 3 aliphatic rings. The van der Waals surface area contributed by atoms with Crippen molar-refractivity contribution >= 4 is 0 Å². The molecule has 0 unspecified atom stereocenters. The van der Waals surface area contributed by atoms with Crippen LogP contribution in [-0.2, 0) is 0 Å². The maximum atomic E-state index is 12.9. The van der Waals surface area contributed by atoms with Crippen LogP contribution in [0.25, 0.3) is 0 Å². The third-order valence-corrected chi connectivity index (χ3v) is 4.69. The third-order valence-electron chi connectivity index (χ3n) is 4.69. The minimum absolute atomic E-state index is 0.0328. The summed E-state index contributed by atoms with van der Waals surface area (Å²) in [7, 11) is 0. The molecule has 1 spiro atoms. The lowest BCUT2D eigenvalue weighted by molar-refractivity contribution is 0.108. The fourth-order valence-corrected chi connectivity index (χ4v) is 3.89. The Morgan fingerprint density at radius 3 is 2.81 bits per heavy atom. The molecule has 2 heterocycles. The van der Waals surface area contributed by atoms with Gasteiger partial charge in [0, 0.05) is 14.8 Å². The molecule has 0 aromatic heterocycles. The Kier molecular flexibility index (Phi) is 1.80. The maximum absolute atomic E-state index is 12.9. The Morgan fingerprint density at radius 1 is 1.50 bits per heavy atom. The molecule has 1 saturated carbocycles. The zero-order chi connectivity index (χ0) is 13.2. The molecule has 0 radical (unpaired) electrons. The van der Waals surface area contributed by atoms with Crippen molar-refractivity contribution in [2.45, 2.75) is 51.4 Å². The van der Waals surface area contributed by atoms with Gasteiger partial charge in [-0.25, -0.2) is 4.39 Å². The summed E-state index contributed by atoms with van der Waals surface area (Å²) >= 11 is 0. The van der Waals surface area contributed by atoms with E-state index in [2.05, 4.69) is 4.90 Å². The lowest BCUT2D eigenvalue weighted by atomic mass is 9.74. The van der Waals surface area contributed by atoms with Crippen LogP contribution in [0.15, 0.2) is 11.9 Å². The number of fused-ring (bicyclic) bond motifs is 2. The summed E-state index contributed by atoms with van der Waals surface area (Å²) in [6, 6.07) is 0. The zero-order valence-corrected chi connectivity index (χ0v) is 10.2. The van der Waals surface area contributed by atoms with E-state index in [1.54, 1.807) is 0 Å². The molecule has 2 saturated heterocycles. The molecule has 90 valence electrons. The van der Waals surface area contributed by atoms with Gasteiger partial charge in [0.1, 0.15) is 0 Å². The van der Waals surface area contributed by atoms with E-state index < -0.39 is 11.9 Å². The van der Waals surface area contributed by atoms with Crippen LogP contribution in [0.2, 0.25) is 0 Å². The number of halogens is 1. The van der Waals surface area contributed by atoms with E-state index in [0.29, 0.717) is 19.3 Å². The Bertz CT molecular complexity index is 401. The van der Waals surface area contributed by atoms with Gasteiger partial charge in [0.25, 0.3) is 0 Å². The average Bonchev–Trinajstić information content (AvgIpc) is 2.90. The van der Waals surface area contributed by atoms with Crippen molar-refractivity contribution in [2.75, 3.05) is 13.1 Å². The van der Waals surface area contributed by atoms with Crippen molar-refractivity contribution in [1.29, 1.82) is 0 Å². The highest BCUT2D eigenvalue weighted by Gasteiger charge is 2.66. The molecule has 0 aromatic rings. The van der Waals surface area contributed by atoms with Gasteiger partial charge in [0.05, 0.1) is 6.33 Å². The lowest BCUT2D eigenvalue weighted by Gasteiger charge is -2.39. The lowest BCUT2D eigenvalue weighted by Crippen LogP contribution is -2.45. The van der Waals surface area contributed by atoms with Gasteiger partial charge >= 0.3 is 0 Å². The number of nitrogens with zero attached hydrogens (tertiary/aromatic N) is 1. The Morgan fingerprint density at radius 2 is 2.25 bits per heavy atom.